The van der Waals surface area contributed by atoms with Crippen molar-refractivity contribution in [3.8, 4) is 0 Å². The molecule has 0 aliphatic heterocycles. The van der Waals surface area contributed by atoms with Gasteiger partial charge < -0.3 is 5.32 Å². The predicted molar refractivity (Wildman–Crippen MR) is 60.8 cm³/mol. The van der Waals surface area contributed by atoms with Crippen molar-refractivity contribution in [3.05, 3.63) is 21.9 Å². The number of nitrogens with zero attached hydrogens (tertiary/aromatic N) is 1. The second-order valence-electron chi connectivity index (χ2n) is 3.29. The van der Waals surface area contributed by atoms with E-state index < -0.39 is 11.6 Å². The monoisotopic (exact) mass is 308 g/mol. The Kier molecular flexibility index (Phi) is 3.41. The summed E-state index contributed by atoms with van der Waals surface area (Å²) in [5, 5.41) is 2.38. The van der Waals surface area contributed by atoms with Crippen LogP contribution in [0, 0.1) is 3.57 Å². The average molecular weight is 308 g/mol. The summed E-state index contributed by atoms with van der Waals surface area (Å²) in [6, 6.07) is 3.42. The summed E-state index contributed by atoms with van der Waals surface area (Å²) in [5.41, 5.74) is -1.88. The second kappa shape index (κ2) is 4.20. The molecule has 0 unspecified atom stereocenters. The van der Waals surface area contributed by atoms with E-state index in [9.17, 15) is 9.18 Å². The lowest BCUT2D eigenvalue weighted by molar-refractivity contribution is -0.125. The number of hydrogen-bond donors (Lipinski definition) is 1. The summed E-state index contributed by atoms with van der Waals surface area (Å²) >= 11 is 2.10. The Morgan fingerprint density at radius 3 is 2.64 bits per heavy atom. The van der Waals surface area contributed by atoms with Gasteiger partial charge in [0.2, 0.25) is 0 Å². The van der Waals surface area contributed by atoms with Crippen LogP contribution in [-0.4, -0.2) is 16.6 Å². The molecule has 1 heterocycles. The zero-order valence-electron chi connectivity index (χ0n) is 7.84. The number of pyridine rings is 1. The van der Waals surface area contributed by atoms with E-state index in [2.05, 4.69) is 32.9 Å². The lowest BCUT2D eigenvalue weighted by atomic mass is 10.1. The molecule has 1 aromatic rings. The van der Waals surface area contributed by atoms with Crippen LogP contribution in [-0.2, 0) is 4.79 Å². The van der Waals surface area contributed by atoms with Gasteiger partial charge in [-0.2, -0.15) is 0 Å². The van der Waals surface area contributed by atoms with Gasteiger partial charge in [-0.15, -0.1) is 0 Å². The molecule has 1 amide bonds. The van der Waals surface area contributed by atoms with E-state index >= 15 is 0 Å². The molecule has 0 radical (unpaired) electrons. The van der Waals surface area contributed by atoms with Gasteiger partial charge in [0.25, 0.3) is 5.91 Å². The van der Waals surface area contributed by atoms with Gasteiger partial charge in [0, 0.05) is 9.77 Å². The van der Waals surface area contributed by atoms with Crippen LogP contribution in [0.25, 0.3) is 0 Å². The Morgan fingerprint density at radius 1 is 1.57 bits per heavy atom. The largest absolute Gasteiger partial charge is 0.308 e. The van der Waals surface area contributed by atoms with Crippen molar-refractivity contribution >= 4 is 34.3 Å². The van der Waals surface area contributed by atoms with E-state index in [1.807, 2.05) is 0 Å². The standard InChI is InChI=1S/C9H10FIN2O/c1-9(2,10)8(14)13-7-4-3-6(11)5-12-7/h3-5H,1-2H3,(H,12,13,14). The van der Waals surface area contributed by atoms with Crippen LogP contribution in [0.15, 0.2) is 18.3 Å². The minimum atomic E-state index is -1.88. The summed E-state index contributed by atoms with van der Waals surface area (Å²) in [5.74, 6) is -0.327. The SMILES string of the molecule is CC(C)(F)C(=O)Nc1ccc(I)cn1. The van der Waals surface area contributed by atoms with E-state index in [1.165, 1.54) is 13.8 Å². The fraction of sp³-hybridized carbons (Fsp3) is 0.333. The molecule has 3 nitrogen and oxygen atoms in total. The number of carbonyl (C=O) groups excluding carboxylic acids is 1. The molecule has 0 aromatic carbocycles. The topological polar surface area (TPSA) is 42.0 Å². The molecule has 0 atom stereocenters. The zero-order chi connectivity index (χ0) is 10.8. The summed E-state index contributed by atoms with van der Waals surface area (Å²) in [7, 11) is 0. The van der Waals surface area contributed by atoms with Crippen molar-refractivity contribution in [2.45, 2.75) is 19.5 Å². The van der Waals surface area contributed by atoms with Crippen molar-refractivity contribution in [1.29, 1.82) is 0 Å². The maximum atomic E-state index is 13.1. The third kappa shape index (κ3) is 3.21. The first-order valence-corrected chi connectivity index (χ1v) is 5.09. The molecule has 1 rings (SSSR count). The highest BCUT2D eigenvalue weighted by Crippen LogP contribution is 2.13. The number of nitrogens with one attached hydrogen (secondary N) is 1. The molecule has 76 valence electrons. The molecule has 1 N–H and O–H groups in total. The molecular weight excluding hydrogens is 298 g/mol. The van der Waals surface area contributed by atoms with Crippen LogP contribution in [0.2, 0.25) is 0 Å². The highest BCUT2D eigenvalue weighted by molar-refractivity contribution is 14.1. The maximum absolute atomic E-state index is 13.1. The number of amides is 1. The molecule has 0 spiro atoms. The minimum Gasteiger partial charge on any atom is -0.308 e. The highest BCUT2D eigenvalue weighted by Gasteiger charge is 2.26. The predicted octanol–water partition coefficient (Wildman–Crippen LogP) is 2.37. The number of halogens is 2. The quantitative estimate of drug-likeness (QED) is 0.852. The number of rotatable bonds is 2. The van der Waals surface area contributed by atoms with Gasteiger partial charge in [-0.05, 0) is 48.6 Å². The van der Waals surface area contributed by atoms with E-state index in [1.54, 1.807) is 18.3 Å². The third-order valence-corrected chi connectivity index (χ3v) is 2.15. The number of aromatic nitrogens is 1. The van der Waals surface area contributed by atoms with E-state index in [0.717, 1.165) is 3.57 Å². The first kappa shape index (κ1) is 11.4. The molecule has 0 fully saturated rings. The molecule has 14 heavy (non-hydrogen) atoms. The van der Waals surface area contributed by atoms with Gasteiger partial charge in [0.1, 0.15) is 5.82 Å². The van der Waals surface area contributed by atoms with Gasteiger partial charge in [-0.25, -0.2) is 9.37 Å². The first-order valence-electron chi connectivity index (χ1n) is 4.01. The van der Waals surface area contributed by atoms with Crippen LogP contribution in [0.3, 0.4) is 0 Å². The third-order valence-electron chi connectivity index (χ3n) is 1.51. The molecule has 5 heteroatoms. The van der Waals surface area contributed by atoms with Crippen molar-refractivity contribution in [2.75, 3.05) is 5.32 Å². The molecule has 0 aliphatic rings. The fourth-order valence-corrected chi connectivity index (χ4v) is 1.03. The lowest BCUT2D eigenvalue weighted by Crippen LogP contribution is -2.32. The maximum Gasteiger partial charge on any atom is 0.262 e. The Morgan fingerprint density at radius 2 is 2.21 bits per heavy atom. The van der Waals surface area contributed by atoms with Crippen molar-refractivity contribution in [3.63, 3.8) is 0 Å². The number of carbonyl (C=O) groups is 1. The lowest BCUT2D eigenvalue weighted by Gasteiger charge is -2.13. The summed E-state index contributed by atoms with van der Waals surface area (Å²) in [6.45, 7) is 2.41. The van der Waals surface area contributed by atoms with Crippen LogP contribution in [0.1, 0.15) is 13.8 Å². The summed E-state index contributed by atoms with van der Waals surface area (Å²) < 4.78 is 14.1. The van der Waals surface area contributed by atoms with E-state index in [0.29, 0.717) is 5.82 Å². The van der Waals surface area contributed by atoms with Gasteiger partial charge in [0.05, 0.1) is 0 Å². The molecule has 1 aromatic heterocycles. The van der Waals surface area contributed by atoms with E-state index in [4.69, 9.17) is 0 Å². The molecule has 0 bridgehead atoms. The van der Waals surface area contributed by atoms with Crippen LogP contribution < -0.4 is 5.32 Å². The average Bonchev–Trinajstić information content (AvgIpc) is 2.07. The number of hydrogen-bond acceptors (Lipinski definition) is 2. The van der Waals surface area contributed by atoms with Gasteiger partial charge >= 0.3 is 0 Å². The van der Waals surface area contributed by atoms with Gasteiger partial charge in [-0.1, -0.05) is 0 Å². The van der Waals surface area contributed by atoms with Crippen molar-refractivity contribution in [2.24, 2.45) is 0 Å². The van der Waals surface area contributed by atoms with Crippen molar-refractivity contribution < 1.29 is 9.18 Å². The second-order valence-corrected chi connectivity index (χ2v) is 4.53. The van der Waals surface area contributed by atoms with Gasteiger partial charge in [0.15, 0.2) is 5.67 Å². The summed E-state index contributed by atoms with van der Waals surface area (Å²) in [6.07, 6.45) is 1.60. The van der Waals surface area contributed by atoms with Crippen molar-refractivity contribution in [1.82, 2.24) is 4.98 Å². The van der Waals surface area contributed by atoms with E-state index in [-0.39, 0.29) is 0 Å². The molecular formula is C9H10FIN2O. The minimum absolute atomic E-state index is 0.362. The number of anilines is 1. The van der Waals surface area contributed by atoms with Crippen LogP contribution in [0.4, 0.5) is 10.2 Å². The smallest absolute Gasteiger partial charge is 0.262 e. The summed E-state index contributed by atoms with van der Waals surface area (Å²) in [4.78, 5) is 15.1. The Labute approximate surface area is 95.2 Å². The first-order chi connectivity index (χ1) is 6.39. The molecule has 0 saturated carbocycles. The molecule has 0 aliphatic carbocycles. The number of alkyl halides is 1. The fourth-order valence-electron chi connectivity index (χ4n) is 0.715. The normalized spacial score (nSPS) is 11.1. The van der Waals surface area contributed by atoms with Crippen LogP contribution >= 0.6 is 22.6 Å². The Balaban J connectivity index is 2.71. The van der Waals surface area contributed by atoms with Gasteiger partial charge in [-0.3, -0.25) is 4.79 Å². The molecule has 0 saturated heterocycles. The highest BCUT2D eigenvalue weighted by atomic mass is 127. The Hall–Kier alpha value is -0.720. The Bertz CT molecular complexity index is 332. The zero-order valence-corrected chi connectivity index (χ0v) is 10.0. The van der Waals surface area contributed by atoms with Crippen LogP contribution in [0.5, 0.6) is 0 Å².